The SMILES string of the molecule is CC.O=C(O)C(c1ccccc1Cl)N1CCC(OCCCCc2ccc3c(n2)NCCC3)C1. The maximum Gasteiger partial charge on any atom is 0.325 e. The molecule has 33 heavy (non-hydrogen) atoms. The number of pyridine rings is 1. The van der Waals surface area contributed by atoms with Crippen LogP contribution in [0.15, 0.2) is 36.4 Å². The van der Waals surface area contributed by atoms with Gasteiger partial charge in [-0.05, 0) is 61.8 Å². The van der Waals surface area contributed by atoms with E-state index in [-0.39, 0.29) is 6.10 Å². The van der Waals surface area contributed by atoms with Crippen molar-refractivity contribution in [3.8, 4) is 0 Å². The number of ether oxygens (including phenoxy) is 1. The number of nitrogens with zero attached hydrogens (tertiary/aromatic N) is 2. The maximum atomic E-state index is 11.9. The number of halogens is 1. The zero-order chi connectivity index (χ0) is 23.6. The van der Waals surface area contributed by atoms with E-state index in [2.05, 4.69) is 17.4 Å². The molecule has 2 aromatic rings. The van der Waals surface area contributed by atoms with Gasteiger partial charge in [0, 0.05) is 37.0 Å². The lowest BCUT2D eigenvalue weighted by Crippen LogP contribution is -2.33. The number of hydrogen-bond acceptors (Lipinski definition) is 5. The first-order valence-electron chi connectivity index (χ1n) is 12.2. The Hall–Kier alpha value is -2.15. The van der Waals surface area contributed by atoms with Crippen LogP contribution in [0.4, 0.5) is 5.82 Å². The molecule has 1 fully saturated rings. The van der Waals surface area contributed by atoms with Crippen molar-refractivity contribution in [2.24, 2.45) is 0 Å². The van der Waals surface area contributed by atoms with Crippen LogP contribution in [0.3, 0.4) is 0 Å². The average Bonchev–Trinajstić information content (AvgIpc) is 3.29. The van der Waals surface area contributed by atoms with Crippen molar-refractivity contribution in [1.29, 1.82) is 0 Å². The van der Waals surface area contributed by atoms with Gasteiger partial charge in [0.15, 0.2) is 0 Å². The van der Waals surface area contributed by atoms with E-state index in [9.17, 15) is 9.90 Å². The first-order valence-corrected chi connectivity index (χ1v) is 12.5. The van der Waals surface area contributed by atoms with Crippen molar-refractivity contribution in [3.05, 3.63) is 58.2 Å². The van der Waals surface area contributed by atoms with Gasteiger partial charge >= 0.3 is 5.97 Å². The summed E-state index contributed by atoms with van der Waals surface area (Å²) < 4.78 is 6.06. The number of unbranched alkanes of at least 4 members (excludes halogenated alkanes) is 1. The predicted molar refractivity (Wildman–Crippen MR) is 133 cm³/mol. The Bertz CT molecular complexity index is 908. The number of fused-ring (bicyclic) bond motifs is 1. The molecule has 0 spiro atoms. The zero-order valence-corrected chi connectivity index (χ0v) is 20.5. The van der Waals surface area contributed by atoms with E-state index in [1.807, 2.05) is 30.9 Å². The number of aryl methyl sites for hydroxylation is 2. The third-order valence-corrected chi connectivity index (χ3v) is 6.45. The first-order chi connectivity index (χ1) is 16.1. The van der Waals surface area contributed by atoms with E-state index in [1.54, 1.807) is 12.1 Å². The van der Waals surface area contributed by atoms with Crippen LogP contribution in [0.2, 0.25) is 5.02 Å². The number of benzene rings is 1. The van der Waals surface area contributed by atoms with E-state index in [0.717, 1.165) is 50.2 Å². The summed E-state index contributed by atoms with van der Waals surface area (Å²) >= 11 is 6.26. The molecule has 2 unspecified atom stereocenters. The molecule has 2 N–H and O–H groups in total. The van der Waals surface area contributed by atoms with Gasteiger partial charge < -0.3 is 15.2 Å². The van der Waals surface area contributed by atoms with E-state index in [0.29, 0.717) is 30.3 Å². The minimum absolute atomic E-state index is 0.0652. The fraction of sp³-hybridized carbons (Fsp3) is 0.538. The normalized spacial score (nSPS) is 18.6. The molecule has 2 aliphatic heterocycles. The van der Waals surface area contributed by atoms with Crippen LogP contribution in [0, 0.1) is 0 Å². The van der Waals surface area contributed by atoms with Crippen LogP contribution in [0.1, 0.15) is 62.4 Å². The minimum Gasteiger partial charge on any atom is -0.480 e. The molecule has 4 rings (SSSR count). The number of likely N-dealkylation sites (tertiary alicyclic amines) is 1. The van der Waals surface area contributed by atoms with Gasteiger partial charge in [-0.25, -0.2) is 4.98 Å². The Morgan fingerprint density at radius 3 is 2.88 bits per heavy atom. The topological polar surface area (TPSA) is 74.7 Å². The van der Waals surface area contributed by atoms with E-state index in [4.69, 9.17) is 21.3 Å². The second-order valence-electron chi connectivity index (χ2n) is 8.34. The number of carboxylic acid groups (broad SMARTS) is 1. The Labute approximate surface area is 202 Å². The largest absolute Gasteiger partial charge is 0.480 e. The molecule has 1 saturated heterocycles. The van der Waals surface area contributed by atoms with Gasteiger partial charge in [0.2, 0.25) is 0 Å². The van der Waals surface area contributed by atoms with Crippen molar-refractivity contribution in [3.63, 3.8) is 0 Å². The van der Waals surface area contributed by atoms with Gasteiger partial charge in [-0.3, -0.25) is 9.69 Å². The molecule has 0 aliphatic carbocycles. The molecule has 180 valence electrons. The highest BCUT2D eigenvalue weighted by Gasteiger charge is 2.34. The lowest BCUT2D eigenvalue weighted by atomic mass is 10.1. The quantitative estimate of drug-likeness (QED) is 0.477. The molecule has 0 bridgehead atoms. The lowest BCUT2D eigenvalue weighted by Gasteiger charge is -2.25. The van der Waals surface area contributed by atoms with E-state index < -0.39 is 12.0 Å². The Morgan fingerprint density at radius 1 is 1.27 bits per heavy atom. The molecule has 2 aliphatic rings. The second kappa shape index (κ2) is 12.9. The van der Waals surface area contributed by atoms with Gasteiger partial charge in [0.1, 0.15) is 11.9 Å². The molecule has 7 heteroatoms. The summed E-state index contributed by atoms with van der Waals surface area (Å²) in [5, 5.41) is 13.7. The number of carbonyl (C=O) groups is 1. The second-order valence-corrected chi connectivity index (χ2v) is 8.74. The average molecular weight is 474 g/mol. The number of hydrogen-bond donors (Lipinski definition) is 2. The molecular weight excluding hydrogens is 438 g/mol. The monoisotopic (exact) mass is 473 g/mol. The first kappa shape index (κ1) is 25.5. The predicted octanol–water partition coefficient (Wildman–Crippen LogP) is 5.36. The molecule has 0 radical (unpaired) electrons. The summed E-state index contributed by atoms with van der Waals surface area (Å²) in [6.45, 7) is 7.00. The van der Waals surface area contributed by atoms with E-state index in [1.165, 1.54) is 12.0 Å². The third-order valence-electron chi connectivity index (χ3n) is 6.11. The molecule has 0 saturated carbocycles. The van der Waals surface area contributed by atoms with Crippen molar-refractivity contribution < 1.29 is 14.6 Å². The molecule has 0 amide bonds. The number of aromatic nitrogens is 1. The fourth-order valence-corrected chi connectivity index (χ4v) is 4.71. The maximum absolute atomic E-state index is 11.9. The summed E-state index contributed by atoms with van der Waals surface area (Å²) in [5.74, 6) is 0.179. The molecule has 2 atom stereocenters. The Morgan fingerprint density at radius 2 is 2.09 bits per heavy atom. The van der Waals surface area contributed by atoms with Crippen LogP contribution >= 0.6 is 11.6 Å². The van der Waals surface area contributed by atoms with Crippen molar-refractivity contribution in [1.82, 2.24) is 9.88 Å². The van der Waals surface area contributed by atoms with Crippen LogP contribution in [-0.4, -0.2) is 53.3 Å². The molecular formula is C26H36ClN3O3. The standard InChI is InChI=1S/C24H30ClN3O3.C2H6/c25-21-9-2-1-8-20(21)22(24(29)30)28-14-12-19(16-28)31-15-4-3-7-18-11-10-17-6-5-13-26-23(17)27-18;1-2/h1-2,8-11,19,22H,3-7,12-16H2,(H,26,27)(H,29,30);1-2H3. The van der Waals surface area contributed by atoms with Crippen molar-refractivity contribution in [2.75, 3.05) is 31.6 Å². The van der Waals surface area contributed by atoms with Gasteiger partial charge in [0.05, 0.1) is 6.10 Å². The van der Waals surface area contributed by atoms with Crippen LogP contribution in [0.25, 0.3) is 0 Å². The highest BCUT2D eigenvalue weighted by molar-refractivity contribution is 6.31. The summed E-state index contributed by atoms with van der Waals surface area (Å²) in [6, 6.07) is 10.8. The smallest absolute Gasteiger partial charge is 0.325 e. The number of nitrogens with one attached hydrogen (secondary N) is 1. The molecule has 1 aromatic heterocycles. The zero-order valence-electron chi connectivity index (χ0n) is 19.7. The van der Waals surface area contributed by atoms with Crippen LogP contribution in [-0.2, 0) is 22.4 Å². The third kappa shape index (κ3) is 6.92. The Balaban J connectivity index is 0.00000149. The molecule has 1 aromatic carbocycles. The summed E-state index contributed by atoms with van der Waals surface area (Å²) in [5.41, 5.74) is 3.09. The van der Waals surface area contributed by atoms with E-state index >= 15 is 0 Å². The number of anilines is 1. The van der Waals surface area contributed by atoms with Gasteiger partial charge in [-0.15, -0.1) is 0 Å². The lowest BCUT2D eigenvalue weighted by molar-refractivity contribution is -0.143. The van der Waals surface area contributed by atoms with Crippen molar-refractivity contribution >= 4 is 23.4 Å². The minimum atomic E-state index is -0.874. The highest BCUT2D eigenvalue weighted by atomic mass is 35.5. The number of rotatable bonds is 9. The number of carboxylic acids is 1. The highest BCUT2D eigenvalue weighted by Crippen LogP contribution is 2.31. The van der Waals surface area contributed by atoms with Crippen LogP contribution in [0.5, 0.6) is 0 Å². The molecule has 3 heterocycles. The van der Waals surface area contributed by atoms with Crippen LogP contribution < -0.4 is 5.32 Å². The van der Waals surface area contributed by atoms with Gasteiger partial charge in [0.25, 0.3) is 0 Å². The van der Waals surface area contributed by atoms with Gasteiger partial charge in [-0.1, -0.05) is 49.7 Å². The summed E-state index contributed by atoms with van der Waals surface area (Å²) in [4.78, 5) is 18.6. The van der Waals surface area contributed by atoms with Gasteiger partial charge in [-0.2, -0.15) is 0 Å². The fourth-order valence-electron chi connectivity index (χ4n) is 4.47. The number of aliphatic carboxylic acids is 1. The Kier molecular flexibility index (Phi) is 9.97. The summed E-state index contributed by atoms with van der Waals surface area (Å²) in [6.07, 6.45) is 6.14. The summed E-state index contributed by atoms with van der Waals surface area (Å²) in [7, 11) is 0. The molecule has 6 nitrogen and oxygen atoms in total. The van der Waals surface area contributed by atoms with Crippen molar-refractivity contribution in [2.45, 2.75) is 64.5 Å².